The Morgan fingerprint density at radius 3 is 2.00 bits per heavy atom. The number of carbonyl (C=O) groups is 5. The van der Waals surface area contributed by atoms with Gasteiger partial charge in [-0.2, -0.15) is 0 Å². The maximum Gasteiger partial charge on any atom is 0.326 e. The number of aliphatic carboxylic acids is 1. The summed E-state index contributed by atoms with van der Waals surface area (Å²) in [7, 11) is 0. The molecule has 0 rings (SSSR count). The highest BCUT2D eigenvalue weighted by molar-refractivity contribution is 5.93. The van der Waals surface area contributed by atoms with Crippen LogP contribution in [0.15, 0.2) is 0 Å². The highest BCUT2D eigenvalue weighted by Gasteiger charge is 2.30. The first-order valence-corrected chi connectivity index (χ1v) is 9.04. The number of rotatable bonds is 12. The van der Waals surface area contributed by atoms with E-state index >= 15 is 0 Å². The van der Waals surface area contributed by atoms with Crippen molar-refractivity contribution in [2.45, 2.75) is 58.7 Å². The fourth-order valence-corrected chi connectivity index (χ4v) is 2.18. The van der Waals surface area contributed by atoms with E-state index in [-0.39, 0.29) is 18.4 Å². The number of nitrogens with two attached hydrogens (primary N) is 2. The molecule has 0 radical (unpaired) electrons. The molecule has 4 unspecified atom stereocenters. The van der Waals surface area contributed by atoms with Gasteiger partial charge in [-0.25, -0.2) is 4.79 Å². The van der Waals surface area contributed by atoms with E-state index in [4.69, 9.17) is 16.6 Å². The molecule has 0 heterocycles. The van der Waals surface area contributed by atoms with Gasteiger partial charge in [-0.05, 0) is 11.8 Å². The summed E-state index contributed by atoms with van der Waals surface area (Å²) in [5.74, 6) is -4.65. The number of amides is 4. The van der Waals surface area contributed by atoms with Crippen molar-refractivity contribution in [1.29, 1.82) is 0 Å². The van der Waals surface area contributed by atoms with Gasteiger partial charge in [0, 0.05) is 0 Å². The van der Waals surface area contributed by atoms with Crippen LogP contribution in [0.5, 0.6) is 0 Å². The molecule has 0 aliphatic rings. The minimum Gasteiger partial charge on any atom is -0.480 e. The minimum absolute atomic E-state index is 0.111. The number of nitrogens with one attached hydrogen (secondary N) is 3. The molecule has 0 aliphatic carbocycles. The first kappa shape index (κ1) is 25.3. The standard InChI is InChI=1S/C17H31N5O6/c1-5-9(4)14(16(26)21-10(17(27)28)6-11(18)23)22-12(24)7-20-15(25)13(19)8(2)3/h8-10,13-14H,5-7,19H2,1-4H3,(H2,18,23)(H,20,25)(H,21,26)(H,22,24)(H,27,28). The molecule has 0 aromatic rings. The van der Waals surface area contributed by atoms with Gasteiger partial charge in [-0.15, -0.1) is 0 Å². The van der Waals surface area contributed by atoms with Crippen molar-refractivity contribution in [3.63, 3.8) is 0 Å². The average molecular weight is 401 g/mol. The molecule has 0 saturated heterocycles. The lowest BCUT2D eigenvalue weighted by molar-refractivity contribution is -0.144. The highest BCUT2D eigenvalue weighted by atomic mass is 16.4. The number of carboxylic acids is 1. The Labute approximate surface area is 164 Å². The van der Waals surface area contributed by atoms with Gasteiger partial charge in [0.2, 0.25) is 23.6 Å². The van der Waals surface area contributed by atoms with Crippen LogP contribution in [0.3, 0.4) is 0 Å². The summed E-state index contributed by atoms with van der Waals surface area (Å²) in [6, 6.07) is -3.33. The largest absolute Gasteiger partial charge is 0.480 e. The molecule has 0 aromatic heterocycles. The van der Waals surface area contributed by atoms with Crippen LogP contribution < -0.4 is 27.4 Å². The quantitative estimate of drug-likeness (QED) is 0.219. The summed E-state index contributed by atoms with van der Waals surface area (Å²) in [6.07, 6.45) is -0.0676. The Bertz CT molecular complexity index is 595. The lowest BCUT2D eigenvalue weighted by Crippen LogP contribution is -2.56. The van der Waals surface area contributed by atoms with E-state index in [1.165, 1.54) is 0 Å². The molecule has 28 heavy (non-hydrogen) atoms. The van der Waals surface area contributed by atoms with Crippen molar-refractivity contribution in [1.82, 2.24) is 16.0 Å². The number of hydrogen-bond donors (Lipinski definition) is 6. The van der Waals surface area contributed by atoms with Crippen molar-refractivity contribution in [3.8, 4) is 0 Å². The fourth-order valence-electron chi connectivity index (χ4n) is 2.18. The van der Waals surface area contributed by atoms with E-state index in [9.17, 15) is 24.0 Å². The second kappa shape index (κ2) is 11.9. The van der Waals surface area contributed by atoms with Gasteiger partial charge in [0.1, 0.15) is 12.1 Å². The van der Waals surface area contributed by atoms with Crippen LogP contribution in [0.2, 0.25) is 0 Å². The lowest BCUT2D eigenvalue weighted by Gasteiger charge is -2.25. The zero-order chi connectivity index (χ0) is 22.0. The maximum atomic E-state index is 12.5. The summed E-state index contributed by atoms with van der Waals surface area (Å²) in [5, 5.41) is 16.2. The lowest BCUT2D eigenvalue weighted by atomic mass is 9.97. The number of carbonyl (C=O) groups excluding carboxylic acids is 4. The molecule has 11 heteroatoms. The summed E-state index contributed by atoms with van der Waals surface area (Å²) >= 11 is 0. The number of carboxylic acid groups (broad SMARTS) is 1. The van der Waals surface area contributed by atoms with Gasteiger partial charge in [0.05, 0.1) is 19.0 Å². The second-order valence-electron chi connectivity index (χ2n) is 6.99. The molecule has 11 nitrogen and oxygen atoms in total. The van der Waals surface area contributed by atoms with Gasteiger partial charge in [0.25, 0.3) is 0 Å². The van der Waals surface area contributed by atoms with Crippen LogP contribution in [-0.2, 0) is 24.0 Å². The van der Waals surface area contributed by atoms with Crippen molar-refractivity contribution < 1.29 is 29.1 Å². The molecular formula is C17H31N5O6. The Kier molecular flexibility index (Phi) is 10.8. The summed E-state index contributed by atoms with van der Waals surface area (Å²) in [6.45, 7) is 6.63. The van der Waals surface area contributed by atoms with Gasteiger partial charge in [-0.1, -0.05) is 34.1 Å². The Morgan fingerprint density at radius 1 is 1.00 bits per heavy atom. The van der Waals surface area contributed by atoms with E-state index in [0.717, 1.165) is 0 Å². The molecule has 0 aromatic carbocycles. The van der Waals surface area contributed by atoms with Crippen LogP contribution >= 0.6 is 0 Å². The minimum atomic E-state index is -1.50. The Hall–Kier alpha value is -2.69. The molecule has 0 fully saturated rings. The zero-order valence-electron chi connectivity index (χ0n) is 16.7. The monoisotopic (exact) mass is 401 g/mol. The molecular weight excluding hydrogens is 370 g/mol. The first-order valence-electron chi connectivity index (χ1n) is 9.04. The summed E-state index contributed by atoms with van der Waals surface area (Å²) in [5.41, 5.74) is 10.7. The van der Waals surface area contributed by atoms with E-state index < -0.39 is 54.1 Å². The third-order valence-corrected chi connectivity index (χ3v) is 4.28. The number of hydrogen-bond acceptors (Lipinski definition) is 6. The smallest absolute Gasteiger partial charge is 0.326 e. The molecule has 8 N–H and O–H groups in total. The fraction of sp³-hybridized carbons (Fsp3) is 0.706. The highest BCUT2D eigenvalue weighted by Crippen LogP contribution is 2.09. The third kappa shape index (κ3) is 8.80. The maximum absolute atomic E-state index is 12.5. The molecule has 0 saturated carbocycles. The van der Waals surface area contributed by atoms with Crippen LogP contribution in [0.25, 0.3) is 0 Å². The average Bonchev–Trinajstić information content (AvgIpc) is 2.61. The second-order valence-corrected chi connectivity index (χ2v) is 6.99. The molecule has 0 bridgehead atoms. The first-order chi connectivity index (χ1) is 12.9. The molecule has 160 valence electrons. The molecule has 4 atom stereocenters. The van der Waals surface area contributed by atoms with E-state index in [0.29, 0.717) is 6.42 Å². The van der Waals surface area contributed by atoms with E-state index in [1.54, 1.807) is 27.7 Å². The van der Waals surface area contributed by atoms with Crippen molar-refractivity contribution in [3.05, 3.63) is 0 Å². The normalized spacial score (nSPS) is 15.1. The Morgan fingerprint density at radius 2 is 1.57 bits per heavy atom. The van der Waals surface area contributed by atoms with Gasteiger partial charge in [0.15, 0.2) is 0 Å². The predicted octanol–water partition coefficient (Wildman–Crippen LogP) is -1.94. The van der Waals surface area contributed by atoms with Crippen LogP contribution in [0, 0.1) is 11.8 Å². The zero-order valence-corrected chi connectivity index (χ0v) is 16.7. The van der Waals surface area contributed by atoms with Crippen molar-refractivity contribution in [2.75, 3.05) is 6.54 Å². The van der Waals surface area contributed by atoms with Gasteiger partial charge in [-0.3, -0.25) is 19.2 Å². The number of primary amides is 1. The van der Waals surface area contributed by atoms with Crippen LogP contribution in [0.4, 0.5) is 0 Å². The van der Waals surface area contributed by atoms with Crippen LogP contribution in [-0.4, -0.2) is 59.4 Å². The van der Waals surface area contributed by atoms with Crippen LogP contribution in [0.1, 0.15) is 40.5 Å². The third-order valence-electron chi connectivity index (χ3n) is 4.28. The predicted molar refractivity (Wildman–Crippen MR) is 101 cm³/mol. The van der Waals surface area contributed by atoms with Gasteiger partial charge >= 0.3 is 5.97 Å². The van der Waals surface area contributed by atoms with E-state index in [2.05, 4.69) is 16.0 Å². The van der Waals surface area contributed by atoms with Crippen molar-refractivity contribution in [2.24, 2.45) is 23.3 Å². The summed E-state index contributed by atoms with van der Waals surface area (Å²) < 4.78 is 0. The van der Waals surface area contributed by atoms with Gasteiger partial charge < -0.3 is 32.5 Å². The van der Waals surface area contributed by atoms with Crippen molar-refractivity contribution >= 4 is 29.6 Å². The topological polar surface area (TPSA) is 194 Å². The molecule has 4 amide bonds. The molecule has 0 aliphatic heterocycles. The van der Waals surface area contributed by atoms with E-state index in [1.807, 2.05) is 0 Å². The molecule has 0 spiro atoms. The summed E-state index contributed by atoms with van der Waals surface area (Å²) in [4.78, 5) is 58.6. The Balaban J connectivity index is 5.00. The SMILES string of the molecule is CCC(C)C(NC(=O)CNC(=O)C(N)C(C)C)C(=O)NC(CC(N)=O)C(=O)O.